The van der Waals surface area contributed by atoms with Crippen molar-refractivity contribution in [1.82, 2.24) is 14.1 Å². The Morgan fingerprint density at radius 1 is 1.25 bits per heavy atom. The number of amides is 1. The molecule has 0 bridgehead atoms. The van der Waals surface area contributed by atoms with Gasteiger partial charge >= 0.3 is 0 Å². The van der Waals surface area contributed by atoms with Gasteiger partial charge in [-0.1, -0.05) is 25.1 Å². The minimum Gasteiger partial charge on any atom is -0.376 e. The van der Waals surface area contributed by atoms with Gasteiger partial charge < -0.3 is 10.2 Å². The Balaban J connectivity index is 1.51. The van der Waals surface area contributed by atoms with Crippen LogP contribution in [-0.4, -0.2) is 43.8 Å². The molecule has 32 heavy (non-hydrogen) atoms. The van der Waals surface area contributed by atoms with Crippen LogP contribution in [0.25, 0.3) is 10.6 Å². The lowest BCUT2D eigenvalue weighted by atomic mass is 10.1. The molecule has 0 saturated carbocycles. The van der Waals surface area contributed by atoms with Gasteiger partial charge in [0.1, 0.15) is 10.8 Å². The summed E-state index contributed by atoms with van der Waals surface area (Å²) in [5.74, 6) is 0.708. The first-order valence-corrected chi connectivity index (χ1v) is 12.6. The third-order valence-corrected chi connectivity index (χ3v) is 7.84. The van der Waals surface area contributed by atoms with Gasteiger partial charge in [0, 0.05) is 29.9 Å². The van der Waals surface area contributed by atoms with Crippen LogP contribution < -0.4 is 14.9 Å². The van der Waals surface area contributed by atoms with Gasteiger partial charge in [-0.15, -0.1) is 0 Å². The van der Waals surface area contributed by atoms with Crippen molar-refractivity contribution in [2.75, 3.05) is 30.4 Å². The molecule has 8 nitrogen and oxygen atoms in total. The van der Waals surface area contributed by atoms with Gasteiger partial charge in [0.2, 0.25) is 15.9 Å². The number of nitrogens with zero attached hydrogens (tertiary/aromatic N) is 3. The number of carbonyl (C=O) groups is 1. The number of nitrogens with one attached hydrogen (secondary N) is 2. The molecule has 4 rings (SSSR count). The Bertz CT molecular complexity index is 1270. The number of aryl methyl sites for hydroxylation is 2. The van der Waals surface area contributed by atoms with E-state index in [0.717, 1.165) is 34.1 Å². The zero-order valence-electron chi connectivity index (χ0n) is 18.2. The first-order valence-electron chi connectivity index (χ1n) is 10.4. The molecule has 10 heteroatoms. The van der Waals surface area contributed by atoms with Crippen LogP contribution in [-0.2, 0) is 27.7 Å². The molecule has 2 N–H and O–H groups in total. The molecule has 1 aromatic heterocycles. The van der Waals surface area contributed by atoms with E-state index < -0.39 is 10.0 Å². The minimum absolute atomic E-state index is 0.100. The van der Waals surface area contributed by atoms with Crippen LogP contribution >= 0.6 is 11.5 Å². The van der Waals surface area contributed by atoms with Gasteiger partial charge in [-0.3, -0.25) is 4.79 Å². The number of hydrogen-bond acceptors (Lipinski definition) is 7. The van der Waals surface area contributed by atoms with E-state index in [4.69, 9.17) is 0 Å². The van der Waals surface area contributed by atoms with Crippen molar-refractivity contribution in [2.45, 2.75) is 31.6 Å². The van der Waals surface area contributed by atoms with Crippen LogP contribution in [0.4, 0.5) is 11.4 Å². The van der Waals surface area contributed by atoms with Gasteiger partial charge in [0.25, 0.3) is 0 Å². The summed E-state index contributed by atoms with van der Waals surface area (Å²) >= 11 is 1.37. The second-order valence-corrected chi connectivity index (χ2v) is 10.1. The van der Waals surface area contributed by atoms with Crippen molar-refractivity contribution < 1.29 is 13.2 Å². The lowest BCUT2D eigenvalue weighted by molar-refractivity contribution is -0.116. The molecule has 0 saturated heterocycles. The summed E-state index contributed by atoms with van der Waals surface area (Å²) in [4.78, 5) is 19.4. The largest absolute Gasteiger partial charge is 0.376 e. The number of hydrogen-bond donors (Lipinski definition) is 2. The van der Waals surface area contributed by atoms with Crippen molar-refractivity contribution in [3.8, 4) is 10.6 Å². The fraction of sp³-hybridized carbons (Fsp3) is 0.318. The minimum atomic E-state index is -3.58. The third-order valence-electron chi connectivity index (χ3n) is 5.54. The Morgan fingerprint density at radius 3 is 2.78 bits per heavy atom. The van der Waals surface area contributed by atoms with Crippen LogP contribution in [0, 0.1) is 6.92 Å². The highest BCUT2D eigenvalue weighted by Gasteiger charge is 2.29. The summed E-state index contributed by atoms with van der Waals surface area (Å²) in [6.45, 7) is 4.56. The monoisotopic (exact) mass is 471 g/mol. The second-order valence-electron chi connectivity index (χ2n) is 7.51. The van der Waals surface area contributed by atoms with Crippen LogP contribution in [0.3, 0.4) is 0 Å². The van der Waals surface area contributed by atoms with Crippen molar-refractivity contribution in [2.24, 2.45) is 0 Å². The fourth-order valence-electron chi connectivity index (χ4n) is 3.75. The Kier molecular flexibility index (Phi) is 6.27. The molecule has 0 spiro atoms. The van der Waals surface area contributed by atoms with Crippen molar-refractivity contribution in [1.29, 1.82) is 0 Å². The first kappa shape index (κ1) is 22.4. The van der Waals surface area contributed by atoms with E-state index in [9.17, 15) is 13.2 Å². The summed E-state index contributed by atoms with van der Waals surface area (Å²) in [5, 5.41) is 4.09. The molecule has 1 amide bonds. The predicted molar refractivity (Wildman–Crippen MR) is 127 cm³/mol. The van der Waals surface area contributed by atoms with Crippen LogP contribution in [0.15, 0.2) is 41.3 Å². The Hall–Kier alpha value is -2.82. The number of carbonyl (C=O) groups excluding carboxylic acids is 1. The fourth-order valence-corrected chi connectivity index (χ4v) is 5.50. The third kappa shape index (κ3) is 4.25. The quantitative estimate of drug-likeness (QED) is 0.549. The Labute approximate surface area is 191 Å². The van der Waals surface area contributed by atoms with E-state index in [2.05, 4.69) is 19.4 Å². The predicted octanol–water partition coefficient (Wildman–Crippen LogP) is 2.99. The number of aromatic nitrogens is 2. The molecule has 2 heterocycles. The summed E-state index contributed by atoms with van der Waals surface area (Å²) in [6, 6.07) is 11.0. The van der Waals surface area contributed by atoms with E-state index in [-0.39, 0.29) is 17.3 Å². The smallest absolute Gasteiger partial charge is 0.246 e. The SMILES string of the molecule is CCc1nsc(-c2ccc(C)c(NCC(=O)N3CCc4c3cccc4S(=O)(=O)NC)c2)n1. The Morgan fingerprint density at radius 2 is 2.06 bits per heavy atom. The summed E-state index contributed by atoms with van der Waals surface area (Å²) in [7, 11) is -2.19. The van der Waals surface area contributed by atoms with Crippen molar-refractivity contribution >= 4 is 38.8 Å². The second kappa shape index (κ2) is 8.97. The average molecular weight is 472 g/mol. The molecule has 0 fully saturated rings. The molecule has 0 unspecified atom stereocenters. The van der Waals surface area contributed by atoms with Gasteiger partial charge in [0.05, 0.1) is 11.4 Å². The lowest BCUT2D eigenvalue weighted by Gasteiger charge is -2.19. The van der Waals surface area contributed by atoms with Gasteiger partial charge in [-0.05, 0) is 61.3 Å². The number of anilines is 2. The highest BCUT2D eigenvalue weighted by molar-refractivity contribution is 7.89. The maximum atomic E-state index is 13.0. The normalized spacial score (nSPS) is 13.3. The summed E-state index contributed by atoms with van der Waals surface area (Å²) in [5.41, 5.74) is 4.16. The van der Waals surface area contributed by atoms with Crippen molar-refractivity contribution in [3.05, 3.63) is 53.3 Å². The standard InChI is InChI=1S/C22H25N5O3S2/c1-4-20-25-22(31-26-20)15-9-8-14(2)17(12-15)24-13-21(28)27-11-10-16-18(27)6-5-7-19(16)32(29,30)23-3/h5-9,12,23-24H,4,10-11,13H2,1-3H3. The van der Waals surface area contributed by atoms with Gasteiger partial charge in [-0.25, -0.2) is 18.1 Å². The summed E-state index contributed by atoms with van der Waals surface area (Å²) in [6.07, 6.45) is 1.29. The maximum Gasteiger partial charge on any atom is 0.246 e. The molecule has 3 aromatic rings. The van der Waals surface area contributed by atoms with Crippen LogP contribution in [0.2, 0.25) is 0 Å². The molecule has 168 valence electrons. The highest BCUT2D eigenvalue weighted by Crippen LogP contribution is 2.33. The lowest BCUT2D eigenvalue weighted by Crippen LogP contribution is -2.34. The maximum absolute atomic E-state index is 13.0. The zero-order chi connectivity index (χ0) is 22.9. The molecule has 0 aliphatic carbocycles. The van der Waals surface area contributed by atoms with Crippen LogP contribution in [0.1, 0.15) is 23.9 Å². The molecule has 2 aromatic carbocycles. The van der Waals surface area contributed by atoms with E-state index in [1.165, 1.54) is 18.6 Å². The highest BCUT2D eigenvalue weighted by atomic mass is 32.2. The first-order chi connectivity index (χ1) is 15.3. The molecule has 1 aliphatic heterocycles. The molecular weight excluding hydrogens is 446 g/mol. The summed E-state index contributed by atoms with van der Waals surface area (Å²) < 4.78 is 31.3. The molecular formula is C22H25N5O3S2. The van der Waals surface area contributed by atoms with E-state index in [0.29, 0.717) is 24.2 Å². The molecule has 0 atom stereocenters. The number of benzene rings is 2. The molecule has 1 aliphatic rings. The van der Waals surface area contributed by atoms with E-state index >= 15 is 0 Å². The van der Waals surface area contributed by atoms with Crippen LogP contribution in [0.5, 0.6) is 0 Å². The topological polar surface area (TPSA) is 104 Å². The van der Waals surface area contributed by atoms with Gasteiger partial charge in [-0.2, -0.15) is 4.37 Å². The van der Waals surface area contributed by atoms with Crippen molar-refractivity contribution in [3.63, 3.8) is 0 Å². The van der Waals surface area contributed by atoms with E-state index in [1.807, 2.05) is 32.0 Å². The zero-order valence-corrected chi connectivity index (χ0v) is 19.8. The molecule has 0 radical (unpaired) electrons. The average Bonchev–Trinajstić information content (AvgIpc) is 3.45. The number of fused-ring (bicyclic) bond motifs is 1. The van der Waals surface area contributed by atoms with Gasteiger partial charge in [0.15, 0.2) is 0 Å². The van der Waals surface area contributed by atoms with E-state index in [1.54, 1.807) is 23.1 Å². The number of rotatable bonds is 7. The number of sulfonamides is 1.